The van der Waals surface area contributed by atoms with Gasteiger partial charge in [0, 0.05) is 18.7 Å². The Morgan fingerprint density at radius 3 is 2.46 bits per heavy atom. The van der Waals surface area contributed by atoms with Gasteiger partial charge in [0.1, 0.15) is 11.5 Å². The maximum absolute atomic E-state index is 13.6. The summed E-state index contributed by atoms with van der Waals surface area (Å²) >= 11 is 0. The third-order valence-corrected chi connectivity index (χ3v) is 3.98. The number of rotatable bonds is 7. The van der Waals surface area contributed by atoms with E-state index in [2.05, 4.69) is 15.6 Å². The van der Waals surface area contributed by atoms with Gasteiger partial charge in [-0.1, -0.05) is 48.5 Å². The van der Waals surface area contributed by atoms with E-state index in [1.54, 1.807) is 36.5 Å². The normalized spacial score (nSPS) is 10.3. The van der Waals surface area contributed by atoms with E-state index in [9.17, 15) is 9.18 Å². The van der Waals surface area contributed by atoms with Crippen molar-refractivity contribution in [3.8, 4) is 0 Å². The predicted octanol–water partition coefficient (Wildman–Crippen LogP) is 3.81. The second-order valence-corrected chi connectivity index (χ2v) is 5.87. The number of hydrogen-bond donors (Lipinski definition) is 2. The van der Waals surface area contributed by atoms with Gasteiger partial charge < -0.3 is 10.6 Å². The monoisotopic (exact) mass is 349 g/mol. The molecule has 1 aromatic heterocycles. The molecule has 4 nitrogen and oxygen atoms in total. The molecule has 3 rings (SSSR count). The highest BCUT2D eigenvalue weighted by molar-refractivity contribution is 5.92. The lowest BCUT2D eigenvalue weighted by Gasteiger charge is -2.08. The molecule has 0 bridgehead atoms. The summed E-state index contributed by atoms with van der Waals surface area (Å²) in [5.41, 5.74) is 2.84. The first-order chi connectivity index (χ1) is 12.7. The number of carbonyl (C=O) groups is 1. The van der Waals surface area contributed by atoms with E-state index in [0.717, 1.165) is 12.1 Å². The van der Waals surface area contributed by atoms with E-state index in [1.807, 2.05) is 30.3 Å². The molecule has 0 saturated heterocycles. The number of aromatic nitrogens is 1. The molecule has 0 aliphatic rings. The lowest BCUT2D eigenvalue weighted by atomic mass is 10.1. The highest BCUT2D eigenvalue weighted by Gasteiger charge is 2.07. The van der Waals surface area contributed by atoms with Crippen molar-refractivity contribution >= 4 is 11.6 Å². The largest absolute Gasteiger partial charge is 0.380 e. The van der Waals surface area contributed by atoms with Gasteiger partial charge >= 0.3 is 0 Å². The minimum Gasteiger partial charge on any atom is -0.380 e. The van der Waals surface area contributed by atoms with Crippen LogP contribution in [-0.2, 0) is 13.0 Å². The summed E-state index contributed by atoms with van der Waals surface area (Å²) < 4.78 is 13.6. The Labute approximate surface area is 152 Å². The molecule has 3 aromatic rings. The Bertz CT molecular complexity index is 851. The van der Waals surface area contributed by atoms with Gasteiger partial charge in [-0.15, -0.1) is 0 Å². The first kappa shape index (κ1) is 17.6. The van der Waals surface area contributed by atoms with E-state index in [1.165, 1.54) is 11.6 Å². The van der Waals surface area contributed by atoms with Crippen molar-refractivity contribution < 1.29 is 9.18 Å². The number of carbonyl (C=O) groups excluding carboxylic acids is 1. The number of benzene rings is 2. The molecule has 0 aliphatic heterocycles. The molecule has 5 heteroatoms. The molecular formula is C21H20FN3O. The number of pyridine rings is 1. The topological polar surface area (TPSA) is 54.0 Å². The molecule has 0 aliphatic carbocycles. The standard InChI is InChI=1S/C21H20FN3O/c22-19-9-5-4-8-17(19)14-24-18-10-11-20(25-15-18)21(26)23-13-12-16-6-2-1-3-7-16/h1-11,15,24H,12-14H2,(H,23,26). The maximum atomic E-state index is 13.6. The van der Waals surface area contributed by atoms with Crippen molar-refractivity contribution in [2.45, 2.75) is 13.0 Å². The van der Waals surface area contributed by atoms with Gasteiger partial charge in [-0.05, 0) is 30.2 Å². The third kappa shape index (κ3) is 4.89. The Balaban J connectivity index is 1.49. The first-order valence-corrected chi connectivity index (χ1v) is 8.48. The van der Waals surface area contributed by atoms with Gasteiger partial charge in [0.2, 0.25) is 0 Å². The van der Waals surface area contributed by atoms with Crippen LogP contribution in [0.3, 0.4) is 0 Å². The van der Waals surface area contributed by atoms with Gasteiger partial charge in [-0.3, -0.25) is 4.79 Å². The molecule has 2 N–H and O–H groups in total. The van der Waals surface area contributed by atoms with Crippen LogP contribution in [0.1, 0.15) is 21.6 Å². The molecule has 132 valence electrons. The average molecular weight is 349 g/mol. The predicted molar refractivity (Wildman–Crippen MR) is 100 cm³/mol. The Morgan fingerprint density at radius 2 is 1.73 bits per heavy atom. The van der Waals surface area contributed by atoms with Crippen LogP contribution in [0.5, 0.6) is 0 Å². The van der Waals surface area contributed by atoms with E-state index >= 15 is 0 Å². The molecule has 26 heavy (non-hydrogen) atoms. The number of anilines is 1. The second-order valence-electron chi connectivity index (χ2n) is 5.87. The van der Waals surface area contributed by atoms with Crippen molar-refractivity contribution in [3.63, 3.8) is 0 Å². The van der Waals surface area contributed by atoms with Crippen molar-refractivity contribution in [2.24, 2.45) is 0 Å². The second kappa shape index (κ2) is 8.76. The Kier molecular flexibility index (Phi) is 5.93. The summed E-state index contributed by atoms with van der Waals surface area (Å²) in [6.45, 7) is 0.911. The van der Waals surface area contributed by atoms with Crippen LogP contribution in [0.4, 0.5) is 10.1 Å². The minimum atomic E-state index is -0.248. The summed E-state index contributed by atoms with van der Waals surface area (Å²) in [6, 6.07) is 20.0. The lowest BCUT2D eigenvalue weighted by Crippen LogP contribution is -2.26. The first-order valence-electron chi connectivity index (χ1n) is 8.48. The quantitative estimate of drug-likeness (QED) is 0.682. The highest BCUT2D eigenvalue weighted by atomic mass is 19.1. The molecule has 1 heterocycles. The van der Waals surface area contributed by atoms with E-state index in [4.69, 9.17) is 0 Å². The van der Waals surface area contributed by atoms with Crippen LogP contribution in [0.25, 0.3) is 0 Å². The minimum absolute atomic E-state index is 0.207. The number of nitrogens with zero attached hydrogens (tertiary/aromatic N) is 1. The van der Waals surface area contributed by atoms with Crippen molar-refractivity contribution in [1.82, 2.24) is 10.3 Å². The molecule has 0 fully saturated rings. The lowest BCUT2D eigenvalue weighted by molar-refractivity contribution is 0.0949. The Hall–Kier alpha value is -3.21. The SMILES string of the molecule is O=C(NCCc1ccccc1)c1ccc(NCc2ccccc2F)cn1. The van der Waals surface area contributed by atoms with Gasteiger partial charge in [-0.25, -0.2) is 9.37 Å². The van der Waals surface area contributed by atoms with Crippen LogP contribution in [0.2, 0.25) is 0 Å². The van der Waals surface area contributed by atoms with Crippen molar-refractivity contribution in [3.05, 3.63) is 95.6 Å². The Morgan fingerprint density at radius 1 is 0.962 bits per heavy atom. The molecule has 2 aromatic carbocycles. The third-order valence-electron chi connectivity index (χ3n) is 3.98. The molecule has 0 radical (unpaired) electrons. The number of hydrogen-bond acceptors (Lipinski definition) is 3. The molecule has 0 spiro atoms. The summed E-state index contributed by atoms with van der Waals surface area (Å²) in [5, 5.41) is 5.96. The zero-order chi connectivity index (χ0) is 18.2. The molecular weight excluding hydrogens is 329 g/mol. The van der Waals surface area contributed by atoms with Gasteiger partial charge in [-0.2, -0.15) is 0 Å². The van der Waals surface area contributed by atoms with Gasteiger partial charge in [0.15, 0.2) is 0 Å². The fourth-order valence-electron chi connectivity index (χ4n) is 2.53. The van der Waals surface area contributed by atoms with Gasteiger partial charge in [0.25, 0.3) is 5.91 Å². The summed E-state index contributed by atoms with van der Waals surface area (Å²) in [7, 11) is 0. The van der Waals surface area contributed by atoms with E-state index in [0.29, 0.717) is 24.3 Å². The van der Waals surface area contributed by atoms with Gasteiger partial charge in [0.05, 0.1) is 11.9 Å². The van der Waals surface area contributed by atoms with E-state index < -0.39 is 0 Å². The smallest absolute Gasteiger partial charge is 0.269 e. The highest BCUT2D eigenvalue weighted by Crippen LogP contribution is 2.11. The van der Waals surface area contributed by atoms with E-state index in [-0.39, 0.29) is 11.7 Å². The summed E-state index contributed by atoms with van der Waals surface area (Å²) in [4.78, 5) is 16.3. The zero-order valence-electron chi connectivity index (χ0n) is 14.3. The van der Waals surface area contributed by atoms with Crippen molar-refractivity contribution in [2.75, 3.05) is 11.9 Å². The molecule has 0 unspecified atom stereocenters. The average Bonchev–Trinajstić information content (AvgIpc) is 2.68. The van der Waals surface area contributed by atoms with Crippen molar-refractivity contribution in [1.29, 1.82) is 0 Å². The fourth-order valence-corrected chi connectivity index (χ4v) is 2.53. The zero-order valence-corrected chi connectivity index (χ0v) is 14.3. The van der Waals surface area contributed by atoms with Crippen LogP contribution in [-0.4, -0.2) is 17.4 Å². The maximum Gasteiger partial charge on any atom is 0.269 e. The summed E-state index contributed by atoms with van der Waals surface area (Å²) in [5.74, 6) is -0.455. The molecule has 0 saturated carbocycles. The number of amides is 1. The number of halogens is 1. The number of nitrogens with one attached hydrogen (secondary N) is 2. The molecule has 1 amide bonds. The molecule has 0 atom stereocenters. The van der Waals surface area contributed by atoms with Crippen LogP contribution >= 0.6 is 0 Å². The van der Waals surface area contributed by atoms with Crippen LogP contribution in [0, 0.1) is 5.82 Å². The van der Waals surface area contributed by atoms with Crippen LogP contribution in [0.15, 0.2) is 72.9 Å². The fraction of sp³-hybridized carbons (Fsp3) is 0.143. The summed E-state index contributed by atoms with van der Waals surface area (Å²) in [6.07, 6.45) is 2.35. The van der Waals surface area contributed by atoms with Crippen LogP contribution < -0.4 is 10.6 Å².